The van der Waals surface area contributed by atoms with Crippen LogP contribution in [0.4, 0.5) is 0 Å². The molecular weight excluding hydrogens is 252 g/mol. The Morgan fingerprint density at radius 1 is 1.00 bits per heavy atom. The predicted molar refractivity (Wildman–Crippen MR) is 73.4 cm³/mol. The molecule has 0 aliphatic rings. The zero-order valence-corrected chi connectivity index (χ0v) is 10.3. The Balaban J connectivity index is 2.04. The standard InChI is InChI=1S/C15H8N4O/c16-7-12-14(6-5-13-15(12)18-20-17-13)19-8-10-3-1-2-4-11(10)9-19/h1-6,8-9H. The third kappa shape index (κ3) is 1.42. The van der Waals surface area contributed by atoms with Crippen molar-refractivity contribution in [1.82, 2.24) is 14.9 Å². The molecule has 0 atom stereocenters. The van der Waals surface area contributed by atoms with E-state index in [1.807, 2.05) is 47.3 Å². The van der Waals surface area contributed by atoms with Crippen molar-refractivity contribution in [2.45, 2.75) is 0 Å². The molecule has 0 aliphatic heterocycles. The first-order valence-electron chi connectivity index (χ1n) is 6.09. The van der Waals surface area contributed by atoms with Crippen molar-refractivity contribution in [3.05, 3.63) is 54.4 Å². The summed E-state index contributed by atoms with van der Waals surface area (Å²) in [4.78, 5) is 0. The van der Waals surface area contributed by atoms with Gasteiger partial charge in [-0.05, 0) is 33.2 Å². The third-order valence-electron chi connectivity index (χ3n) is 3.35. The van der Waals surface area contributed by atoms with E-state index in [2.05, 4.69) is 16.4 Å². The van der Waals surface area contributed by atoms with Crippen LogP contribution in [0.5, 0.6) is 0 Å². The minimum atomic E-state index is 0.462. The Morgan fingerprint density at radius 2 is 1.75 bits per heavy atom. The van der Waals surface area contributed by atoms with E-state index in [1.54, 1.807) is 6.07 Å². The number of hydrogen-bond acceptors (Lipinski definition) is 4. The quantitative estimate of drug-likeness (QED) is 0.527. The summed E-state index contributed by atoms with van der Waals surface area (Å²) in [6.45, 7) is 0. The predicted octanol–water partition coefficient (Wildman–Crippen LogP) is 3.04. The Labute approximate surface area is 113 Å². The van der Waals surface area contributed by atoms with Gasteiger partial charge in [0.2, 0.25) is 0 Å². The van der Waals surface area contributed by atoms with Crippen molar-refractivity contribution in [1.29, 1.82) is 5.26 Å². The lowest BCUT2D eigenvalue weighted by Gasteiger charge is -2.04. The van der Waals surface area contributed by atoms with Gasteiger partial charge in [-0.1, -0.05) is 24.3 Å². The normalized spacial score (nSPS) is 10.9. The molecule has 0 fully saturated rings. The smallest absolute Gasteiger partial charge is 0.155 e. The van der Waals surface area contributed by atoms with Gasteiger partial charge >= 0.3 is 0 Å². The van der Waals surface area contributed by atoms with E-state index < -0.39 is 0 Å². The van der Waals surface area contributed by atoms with E-state index in [0.29, 0.717) is 16.6 Å². The van der Waals surface area contributed by atoms with E-state index in [-0.39, 0.29) is 0 Å². The van der Waals surface area contributed by atoms with Crippen molar-refractivity contribution >= 4 is 21.8 Å². The van der Waals surface area contributed by atoms with Gasteiger partial charge in [0, 0.05) is 12.4 Å². The Kier molecular flexibility index (Phi) is 2.12. The number of rotatable bonds is 1. The van der Waals surface area contributed by atoms with Gasteiger partial charge < -0.3 is 4.57 Å². The topological polar surface area (TPSA) is 67.6 Å². The molecule has 0 saturated heterocycles. The summed E-state index contributed by atoms with van der Waals surface area (Å²) < 4.78 is 6.62. The molecular formula is C15H8N4O. The van der Waals surface area contributed by atoms with Gasteiger partial charge in [0.25, 0.3) is 0 Å². The molecule has 0 amide bonds. The van der Waals surface area contributed by atoms with Gasteiger partial charge in [-0.25, -0.2) is 4.63 Å². The van der Waals surface area contributed by atoms with Gasteiger partial charge in [0.15, 0.2) is 5.52 Å². The van der Waals surface area contributed by atoms with E-state index in [1.165, 1.54) is 0 Å². The summed E-state index contributed by atoms with van der Waals surface area (Å²) in [5.74, 6) is 0. The van der Waals surface area contributed by atoms with Crippen LogP contribution < -0.4 is 0 Å². The molecule has 4 aromatic rings. The fourth-order valence-electron chi connectivity index (χ4n) is 2.39. The number of fused-ring (bicyclic) bond motifs is 2. The second kappa shape index (κ2) is 3.93. The van der Waals surface area contributed by atoms with Crippen molar-refractivity contribution in [3.8, 4) is 11.8 Å². The first-order chi connectivity index (χ1) is 9.86. The van der Waals surface area contributed by atoms with Crippen LogP contribution in [0.15, 0.2) is 53.4 Å². The van der Waals surface area contributed by atoms with Crippen LogP contribution in [0.3, 0.4) is 0 Å². The summed E-state index contributed by atoms with van der Waals surface area (Å²) in [5, 5.41) is 19.2. The van der Waals surface area contributed by atoms with Gasteiger partial charge in [-0.3, -0.25) is 0 Å². The fourth-order valence-corrected chi connectivity index (χ4v) is 2.39. The number of nitrogens with zero attached hydrogens (tertiary/aromatic N) is 4. The lowest BCUT2D eigenvalue weighted by Crippen LogP contribution is -1.95. The molecule has 0 unspecified atom stereocenters. The van der Waals surface area contributed by atoms with E-state index in [4.69, 9.17) is 4.63 Å². The lowest BCUT2D eigenvalue weighted by atomic mass is 10.1. The van der Waals surface area contributed by atoms with Crippen molar-refractivity contribution in [2.24, 2.45) is 0 Å². The highest BCUT2D eigenvalue weighted by atomic mass is 16.6. The summed E-state index contributed by atoms with van der Waals surface area (Å²) in [6.07, 6.45) is 3.98. The zero-order chi connectivity index (χ0) is 13.5. The molecule has 0 aliphatic carbocycles. The maximum atomic E-state index is 9.40. The number of hydrogen-bond donors (Lipinski definition) is 0. The number of nitriles is 1. The van der Waals surface area contributed by atoms with Gasteiger partial charge in [-0.15, -0.1) is 0 Å². The second-order valence-electron chi connectivity index (χ2n) is 4.50. The van der Waals surface area contributed by atoms with Crippen LogP contribution in [0.25, 0.3) is 27.5 Å². The monoisotopic (exact) mass is 260 g/mol. The Morgan fingerprint density at radius 3 is 2.45 bits per heavy atom. The van der Waals surface area contributed by atoms with Gasteiger partial charge in [0.05, 0.1) is 5.69 Å². The van der Waals surface area contributed by atoms with Gasteiger partial charge in [0.1, 0.15) is 17.1 Å². The molecule has 2 aromatic carbocycles. The molecule has 0 bridgehead atoms. The van der Waals surface area contributed by atoms with Gasteiger partial charge in [-0.2, -0.15) is 5.26 Å². The highest BCUT2D eigenvalue weighted by molar-refractivity contribution is 5.86. The van der Waals surface area contributed by atoms with Crippen LogP contribution >= 0.6 is 0 Å². The van der Waals surface area contributed by atoms with Crippen molar-refractivity contribution in [3.63, 3.8) is 0 Å². The number of aromatic nitrogens is 3. The average molecular weight is 260 g/mol. The Bertz CT molecular complexity index is 941. The van der Waals surface area contributed by atoms with Crippen LogP contribution in [0.2, 0.25) is 0 Å². The first-order valence-corrected chi connectivity index (χ1v) is 6.09. The molecule has 0 saturated carbocycles. The highest BCUT2D eigenvalue weighted by Crippen LogP contribution is 2.25. The molecule has 2 heterocycles. The largest absolute Gasteiger partial charge is 0.321 e. The van der Waals surface area contributed by atoms with E-state index in [0.717, 1.165) is 16.5 Å². The zero-order valence-electron chi connectivity index (χ0n) is 10.3. The highest BCUT2D eigenvalue weighted by Gasteiger charge is 2.13. The van der Waals surface area contributed by atoms with Crippen LogP contribution in [0, 0.1) is 11.3 Å². The molecule has 0 radical (unpaired) electrons. The van der Waals surface area contributed by atoms with E-state index >= 15 is 0 Å². The molecule has 20 heavy (non-hydrogen) atoms. The minimum absolute atomic E-state index is 0.462. The summed E-state index contributed by atoms with van der Waals surface area (Å²) in [7, 11) is 0. The summed E-state index contributed by atoms with van der Waals surface area (Å²) in [6, 6.07) is 13.9. The molecule has 0 spiro atoms. The molecule has 5 nitrogen and oxygen atoms in total. The molecule has 0 N–H and O–H groups in total. The van der Waals surface area contributed by atoms with Crippen molar-refractivity contribution in [2.75, 3.05) is 0 Å². The average Bonchev–Trinajstić information content (AvgIpc) is 3.11. The van der Waals surface area contributed by atoms with Crippen LogP contribution in [0.1, 0.15) is 5.56 Å². The third-order valence-corrected chi connectivity index (χ3v) is 3.35. The molecule has 5 heteroatoms. The fraction of sp³-hybridized carbons (Fsp3) is 0. The van der Waals surface area contributed by atoms with E-state index in [9.17, 15) is 5.26 Å². The first kappa shape index (κ1) is 10.8. The Hall–Kier alpha value is -3.13. The van der Waals surface area contributed by atoms with Crippen LogP contribution in [-0.4, -0.2) is 14.9 Å². The van der Waals surface area contributed by atoms with Crippen molar-refractivity contribution < 1.29 is 4.63 Å². The minimum Gasteiger partial charge on any atom is -0.321 e. The van der Waals surface area contributed by atoms with Crippen LogP contribution in [-0.2, 0) is 0 Å². The number of benzene rings is 2. The summed E-state index contributed by atoms with van der Waals surface area (Å²) >= 11 is 0. The maximum Gasteiger partial charge on any atom is 0.155 e. The lowest BCUT2D eigenvalue weighted by molar-refractivity contribution is 0.315. The SMILES string of the molecule is N#Cc1c(-n2cc3ccccc3c2)ccc2nonc12. The summed E-state index contributed by atoms with van der Waals surface area (Å²) in [5.41, 5.74) is 2.31. The molecule has 4 rings (SSSR count). The second-order valence-corrected chi connectivity index (χ2v) is 4.50. The maximum absolute atomic E-state index is 9.40. The molecule has 2 aromatic heterocycles. The molecule has 94 valence electrons.